The van der Waals surface area contributed by atoms with E-state index in [1.807, 2.05) is 37.3 Å². The summed E-state index contributed by atoms with van der Waals surface area (Å²) in [4.78, 5) is 23.9. The smallest absolute Gasteiger partial charge is 0.256 e. The lowest BCUT2D eigenvalue weighted by Crippen LogP contribution is -2.23. The second-order valence-electron chi connectivity index (χ2n) is 6.87. The monoisotopic (exact) mass is 483 g/mol. The summed E-state index contributed by atoms with van der Waals surface area (Å²) >= 11 is 3.41. The Morgan fingerprint density at radius 2 is 1.71 bits per heavy atom. The predicted molar refractivity (Wildman–Crippen MR) is 129 cm³/mol. The Labute approximate surface area is 191 Å². The molecule has 0 fully saturated rings. The van der Waals surface area contributed by atoms with Crippen LogP contribution in [0.3, 0.4) is 0 Å². The van der Waals surface area contributed by atoms with Crippen LogP contribution in [0.15, 0.2) is 53.0 Å². The number of aryl methyl sites for hydroxylation is 1. The number of ether oxygens (including phenoxy) is 1. The van der Waals surface area contributed by atoms with E-state index in [-0.39, 0.29) is 5.91 Å². The van der Waals surface area contributed by atoms with Crippen molar-refractivity contribution in [1.82, 2.24) is 9.97 Å². The third-order valence-electron chi connectivity index (χ3n) is 4.75. The van der Waals surface area contributed by atoms with Crippen LogP contribution in [-0.4, -0.2) is 36.1 Å². The molecule has 0 saturated carbocycles. The standard InChI is InChI=1S/C23H26BrN5O2/c1-5-29(6-2)21-13-15(3)25-23(28-21)27-17-9-7-16(8-10-17)26-22(30)19-14-18(31-4)11-12-20(19)24/h7-14H,5-6H2,1-4H3,(H,26,30)(H,25,27,28). The molecule has 0 radical (unpaired) electrons. The Bertz CT molecular complexity index is 1050. The van der Waals surface area contributed by atoms with Crippen LogP contribution in [0, 0.1) is 6.92 Å². The molecule has 3 rings (SSSR count). The number of hydrogen-bond donors (Lipinski definition) is 2. The fourth-order valence-corrected chi connectivity index (χ4v) is 3.51. The van der Waals surface area contributed by atoms with Crippen molar-refractivity contribution in [3.8, 4) is 5.75 Å². The largest absolute Gasteiger partial charge is 0.497 e. The quantitative estimate of drug-likeness (QED) is 0.446. The van der Waals surface area contributed by atoms with Crippen LogP contribution < -0.4 is 20.3 Å². The second kappa shape index (κ2) is 10.3. The summed E-state index contributed by atoms with van der Waals surface area (Å²) in [5, 5.41) is 6.14. The first-order valence-electron chi connectivity index (χ1n) is 10.1. The number of amides is 1. The van der Waals surface area contributed by atoms with Gasteiger partial charge in [0.25, 0.3) is 5.91 Å². The maximum Gasteiger partial charge on any atom is 0.256 e. The maximum atomic E-state index is 12.6. The minimum Gasteiger partial charge on any atom is -0.497 e. The van der Waals surface area contributed by atoms with E-state index in [1.165, 1.54) is 0 Å². The van der Waals surface area contributed by atoms with Crippen molar-refractivity contribution in [3.63, 3.8) is 0 Å². The van der Waals surface area contributed by atoms with Crippen LogP contribution in [0.4, 0.5) is 23.1 Å². The molecule has 0 aliphatic heterocycles. The lowest BCUT2D eigenvalue weighted by atomic mass is 10.2. The topological polar surface area (TPSA) is 79.4 Å². The summed E-state index contributed by atoms with van der Waals surface area (Å²) in [5.74, 6) is 1.83. The van der Waals surface area contributed by atoms with Crippen molar-refractivity contribution in [1.29, 1.82) is 0 Å². The highest BCUT2D eigenvalue weighted by molar-refractivity contribution is 9.10. The summed E-state index contributed by atoms with van der Waals surface area (Å²) in [6.07, 6.45) is 0. The molecule has 8 heteroatoms. The molecule has 1 heterocycles. The first-order valence-corrected chi connectivity index (χ1v) is 10.8. The maximum absolute atomic E-state index is 12.6. The lowest BCUT2D eigenvalue weighted by Gasteiger charge is -2.20. The molecule has 0 saturated heterocycles. The predicted octanol–water partition coefficient (Wildman–Crippen LogP) is 5.40. The van der Waals surface area contributed by atoms with Gasteiger partial charge in [-0.3, -0.25) is 4.79 Å². The van der Waals surface area contributed by atoms with Crippen LogP contribution in [0.2, 0.25) is 0 Å². The van der Waals surface area contributed by atoms with Gasteiger partial charge in [0, 0.05) is 40.7 Å². The van der Waals surface area contributed by atoms with E-state index in [9.17, 15) is 4.79 Å². The average molecular weight is 484 g/mol. The molecule has 31 heavy (non-hydrogen) atoms. The van der Waals surface area contributed by atoms with Crippen molar-refractivity contribution < 1.29 is 9.53 Å². The Hall–Kier alpha value is -3.13. The number of rotatable bonds is 8. The fourth-order valence-electron chi connectivity index (χ4n) is 3.09. The Kier molecular flexibility index (Phi) is 7.46. The zero-order valence-electron chi connectivity index (χ0n) is 18.1. The number of carbonyl (C=O) groups is 1. The molecule has 0 aliphatic rings. The van der Waals surface area contributed by atoms with Crippen LogP contribution in [0.1, 0.15) is 29.9 Å². The Morgan fingerprint density at radius 3 is 2.35 bits per heavy atom. The highest BCUT2D eigenvalue weighted by atomic mass is 79.9. The first-order chi connectivity index (χ1) is 14.9. The molecule has 1 aromatic heterocycles. The van der Waals surface area contributed by atoms with E-state index in [2.05, 4.69) is 55.3 Å². The number of halogens is 1. The zero-order valence-corrected chi connectivity index (χ0v) is 19.7. The van der Waals surface area contributed by atoms with E-state index in [0.29, 0.717) is 27.4 Å². The third-order valence-corrected chi connectivity index (χ3v) is 5.44. The van der Waals surface area contributed by atoms with E-state index in [4.69, 9.17) is 4.74 Å². The minimum absolute atomic E-state index is 0.225. The number of hydrogen-bond acceptors (Lipinski definition) is 6. The fraction of sp³-hybridized carbons (Fsp3) is 0.261. The number of carbonyl (C=O) groups excluding carboxylic acids is 1. The van der Waals surface area contributed by atoms with Crippen LogP contribution in [-0.2, 0) is 0 Å². The minimum atomic E-state index is -0.225. The summed E-state index contributed by atoms with van der Waals surface area (Å²) < 4.78 is 5.90. The number of benzene rings is 2. The van der Waals surface area contributed by atoms with E-state index in [1.54, 1.807) is 25.3 Å². The third kappa shape index (κ3) is 5.73. The molecule has 0 bridgehead atoms. The van der Waals surface area contributed by atoms with E-state index < -0.39 is 0 Å². The molecule has 0 aliphatic carbocycles. The molecule has 7 nitrogen and oxygen atoms in total. The van der Waals surface area contributed by atoms with Gasteiger partial charge in [-0.15, -0.1) is 0 Å². The van der Waals surface area contributed by atoms with Gasteiger partial charge in [-0.1, -0.05) is 0 Å². The van der Waals surface area contributed by atoms with Crippen molar-refractivity contribution in [2.75, 3.05) is 35.7 Å². The van der Waals surface area contributed by atoms with Gasteiger partial charge in [0.2, 0.25) is 5.95 Å². The zero-order chi connectivity index (χ0) is 22.4. The van der Waals surface area contributed by atoms with Crippen molar-refractivity contribution >= 4 is 45.0 Å². The average Bonchev–Trinajstić information content (AvgIpc) is 2.76. The van der Waals surface area contributed by atoms with Crippen LogP contribution in [0.25, 0.3) is 0 Å². The van der Waals surface area contributed by atoms with Crippen LogP contribution in [0.5, 0.6) is 5.75 Å². The summed E-state index contributed by atoms with van der Waals surface area (Å²) in [6.45, 7) is 7.92. The number of nitrogens with one attached hydrogen (secondary N) is 2. The molecule has 2 N–H and O–H groups in total. The van der Waals surface area contributed by atoms with E-state index >= 15 is 0 Å². The summed E-state index contributed by atoms with van der Waals surface area (Å²) in [7, 11) is 1.57. The highest BCUT2D eigenvalue weighted by Gasteiger charge is 2.12. The highest BCUT2D eigenvalue weighted by Crippen LogP contribution is 2.24. The molecule has 0 unspecified atom stereocenters. The molecule has 162 valence electrons. The van der Waals surface area contributed by atoms with Crippen LogP contribution >= 0.6 is 15.9 Å². The van der Waals surface area contributed by atoms with Gasteiger partial charge < -0.3 is 20.3 Å². The number of anilines is 4. The molecule has 1 amide bonds. The molecular weight excluding hydrogens is 458 g/mol. The SMILES string of the molecule is CCN(CC)c1cc(C)nc(Nc2ccc(NC(=O)c3cc(OC)ccc3Br)cc2)n1. The molecule has 2 aromatic carbocycles. The number of methoxy groups -OCH3 is 1. The van der Waals surface area contributed by atoms with Gasteiger partial charge in [0.1, 0.15) is 11.6 Å². The van der Waals surface area contributed by atoms with Gasteiger partial charge in [-0.25, -0.2) is 4.98 Å². The molecule has 0 spiro atoms. The van der Waals surface area contributed by atoms with Crippen molar-refractivity contribution in [2.45, 2.75) is 20.8 Å². The second-order valence-corrected chi connectivity index (χ2v) is 7.72. The lowest BCUT2D eigenvalue weighted by molar-refractivity contribution is 0.102. The number of aromatic nitrogens is 2. The van der Waals surface area contributed by atoms with E-state index in [0.717, 1.165) is 30.3 Å². The molecular formula is C23H26BrN5O2. The van der Waals surface area contributed by atoms with Gasteiger partial charge in [-0.05, 0) is 79.2 Å². The number of nitrogens with zero attached hydrogens (tertiary/aromatic N) is 3. The van der Waals surface area contributed by atoms with Gasteiger partial charge in [0.15, 0.2) is 0 Å². The van der Waals surface area contributed by atoms with Crippen molar-refractivity contribution in [3.05, 3.63) is 64.3 Å². The Morgan fingerprint density at radius 1 is 1.03 bits per heavy atom. The molecule has 3 aromatic rings. The first kappa shape index (κ1) is 22.6. The summed E-state index contributed by atoms with van der Waals surface area (Å²) in [5.41, 5.74) is 2.90. The normalized spacial score (nSPS) is 10.5. The molecule has 0 atom stereocenters. The van der Waals surface area contributed by atoms with Gasteiger partial charge in [-0.2, -0.15) is 4.98 Å². The van der Waals surface area contributed by atoms with Gasteiger partial charge >= 0.3 is 0 Å². The Balaban J connectivity index is 1.72. The van der Waals surface area contributed by atoms with Crippen molar-refractivity contribution in [2.24, 2.45) is 0 Å². The van der Waals surface area contributed by atoms with Gasteiger partial charge in [0.05, 0.1) is 12.7 Å². The summed E-state index contributed by atoms with van der Waals surface area (Å²) in [6, 6.07) is 14.7.